The number of hydrogen-bond acceptors (Lipinski definition) is 3. The molecule has 0 radical (unpaired) electrons. The van der Waals surface area contributed by atoms with E-state index in [4.69, 9.17) is 28.6 Å². The quantitative estimate of drug-likeness (QED) is 0.513. The molecule has 108 valence electrons. The Kier molecular flexibility index (Phi) is 5.54. The van der Waals surface area contributed by atoms with Crippen LogP contribution >= 0.6 is 23.8 Å². The van der Waals surface area contributed by atoms with E-state index in [-0.39, 0.29) is 0 Å². The van der Waals surface area contributed by atoms with Gasteiger partial charge in [-0.25, -0.2) is 0 Å². The Bertz CT molecular complexity index is 661. The summed E-state index contributed by atoms with van der Waals surface area (Å²) in [5.41, 5.74) is 4.31. The smallest absolute Gasteiger partial charge is 0.191 e. The van der Waals surface area contributed by atoms with Gasteiger partial charge >= 0.3 is 0 Å². The molecule has 0 atom stereocenters. The van der Waals surface area contributed by atoms with Crippen LogP contribution in [0, 0.1) is 0 Å². The second-order valence-electron chi connectivity index (χ2n) is 4.05. The summed E-state index contributed by atoms with van der Waals surface area (Å²) in [7, 11) is 1.60. The Labute approximate surface area is 133 Å². The Morgan fingerprint density at radius 3 is 2.67 bits per heavy atom. The molecule has 2 aromatic rings. The Balaban J connectivity index is 1.95. The molecular formula is C15H14ClN3OS. The summed E-state index contributed by atoms with van der Waals surface area (Å²) in [6, 6.07) is 14.9. The van der Waals surface area contributed by atoms with E-state index in [0.29, 0.717) is 15.9 Å². The molecule has 6 heteroatoms. The minimum Gasteiger partial charge on any atom is -0.495 e. The van der Waals surface area contributed by atoms with Crippen molar-refractivity contribution in [2.45, 2.75) is 0 Å². The van der Waals surface area contributed by atoms with Crippen LogP contribution in [0.25, 0.3) is 0 Å². The van der Waals surface area contributed by atoms with Gasteiger partial charge < -0.3 is 10.1 Å². The molecule has 0 fully saturated rings. The van der Waals surface area contributed by atoms with Gasteiger partial charge in [0.05, 0.1) is 19.0 Å². The molecule has 0 aliphatic carbocycles. The van der Waals surface area contributed by atoms with Crippen LogP contribution in [0.4, 0.5) is 5.69 Å². The first-order chi connectivity index (χ1) is 10.2. The average molecular weight is 320 g/mol. The van der Waals surface area contributed by atoms with Gasteiger partial charge in [0.2, 0.25) is 0 Å². The van der Waals surface area contributed by atoms with Crippen LogP contribution in [0.5, 0.6) is 5.75 Å². The molecule has 0 aliphatic rings. The number of thiocarbonyl (C=S) groups is 1. The minimum atomic E-state index is 0.364. The molecule has 0 aliphatic heterocycles. The Morgan fingerprint density at radius 2 is 1.90 bits per heavy atom. The normalized spacial score (nSPS) is 10.4. The molecule has 2 rings (SSSR count). The third-order valence-corrected chi connectivity index (χ3v) is 3.17. The number of hydrazone groups is 1. The predicted octanol–water partition coefficient (Wildman–Crippen LogP) is 3.67. The zero-order valence-electron chi connectivity index (χ0n) is 11.3. The number of rotatable bonds is 4. The number of nitrogens with zero attached hydrogens (tertiary/aromatic N) is 1. The van der Waals surface area contributed by atoms with Gasteiger partial charge in [-0.05, 0) is 30.4 Å². The first kappa shape index (κ1) is 15.3. The zero-order chi connectivity index (χ0) is 15.1. The highest BCUT2D eigenvalue weighted by atomic mass is 35.5. The van der Waals surface area contributed by atoms with Crippen LogP contribution in [-0.2, 0) is 0 Å². The van der Waals surface area contributed by atoms with Crippen molar-refractivity contribution in [2.24, 2.45) is 5.10 Å². The molecular weight excluding hydrogens is 306 g/mol. The van der Waals surface area contributed by atoms with E-state index in [2.05, 4.69) is 15.8 Å². The van der Waals surface area contributed by atoms with E-state index in [1.54, 1.807) is 19.4 Å². The summed E-state index contributed by atoms with van der Waals surface area (Å²) in [4.78, 5) is 0. The highest BCUT2D eigenvalue weighted by molar-refractivity contribution is 7.80. The third-order valence-electron chi connectivity index (χ3n) is 2.63. The van der Waals surface area contributed by atoms with Gasteiger partial charge in [0.15, 0.2) is 5.11 Å². The summed E-state index contributed by atoms with van der Waals surface area (Å²) in [5, 5.41) is 8.06. The fourth-order valence-corrected chi connectivity index (χ4v) is 1.99. The van der Waals surface area contributed by atoms with Crippen molar-refractivity contribution in [1.29, 1.82) is 0 Å². The molecule has 4 nitrogen and oxygen atoms in total. The first-order valence-corrected chi connectivity index (χ1v) is 6.97. The number of nitrogens with one attached hydrogen (secondary N) is 2. The van der Waals surface area contributed by atoms with E-state index in [1.807, 2.05) is 42.5 Å². The highest BCUT2D eigenvalue weighted by Gasteiger charge is 2.02. The SMILES string of the molecule is COc1ccccc1NC(=S)N/N=C/c1ccccc1Cl. The van der Waals surface area contributed by atoms with E-state index in [0.717, 1.165) is 11.3 Å². The van der Waals surface area contributed by atoms with Gasteiger partial charge in [0.25, 0.3) is 0 Å². The lowest BCUT2D eigenvalue weighted by Crippen LogP contribution is -2.24. The average Bonchev–Trinajstić information content (AvgIpc) is 2.50. The maximum Gasteiger partial charge on any atom is 0.191 e. The number of benzene rings is 2. The van der Waals surface area contributed by atoms with Crippen molar-refractivity contribution in [3.05, 3.63) is 59.1 Å². The van der Waals surface area contributed by atoms with E-state index in [9.17, 15) is 0 Å². The summed E-state index contributed by atoms with van der Waals surface area (Å²) in [6.07, 6.45) is 1.61. The number of halogens is 1. The largest absolute Gasteiger partial charge is 0.495 e. The van der Waals surface area contributed by atoms with Crippen molar-refractivity contribution < 1.29 is 4.74 Å². The van der Waals surface area contributed by atoms with Gasteiger partial charge in [-0.3, -0.25) is 5.43 Å². The van der Waals surface area contributed by atoms with Crippen LogP contribution < -0.4 is 15.5 Å². The van der Waals surface area contributed by atoms with Crippen molar-refractivity contribution >= 4 is 40.8 Å². The monoisotopic (exact) mass is 319 g/mol. The maximum absolute atomic E-state index is 6.02. The number of methoxy groups -OCH3 is 1. The molecule has 21 heavy (non-hydrogen) atoms. The lowest BCUT2D eigenvalue weighted by atomic mass is 10.2. The van der Waals surface area contributed by atoms with Crippen LogP contribution in [-0.4, -0.2) is 18.4 Å². The van der Waals surface area contributed by atoms with Crippen LogP contribution in [0.3, 0.4) is 0 Å². The van der Waals surface area contributed by atoms with Crippen LogP contribution in [0.2, 0.25) is 5.02 Å². The first-order valence-electron chi connectivity index (χ1n) is 6.18. The van der Waals surface area contributed by atoms with Gasteiger partial charge in [0, 0.05) is 10.6 Å². The van der Waals surface area contributed by atoms with Gasteiger partial charge in [-0.15, -0.1) is 0 Å². The molecule has 0 aromatic heterocycles. The Hall–Kier alpha value is -2.11. The number of anilines is 1. The van der Waals surface area contributed by atoms with Crippen LogP contribution in [0.15, 0.2) is 53.6 Å². The maximum atomic E-state index is 6.02. The third kappa shape index (κ3) is 4.44. The zero-order valence-corrected chi connectivity index (χ0v) is 12.9. The fraction of sp³-hybridized carbons (Fsp3) is 0.0667. The molecule has 0 saturated carbocycles. The van der Waals surface area contributed by atoms with Gasteiger partial charge in [0.1, 0.15) is 5.75 Å². The van der Waals surface area contributed by atoms with Crippen molar-refractivity contribution in [3.8, 4) is 5.75 Å². The van der Waals surface area contributed by atoms with Crippen molar-refractivity contribution in [2.75, 3.05) is 12.4 Å². The van der Waals surface area contributed by atoms with Crippen LogP contribution in [0.1, 0.15) is 5.56 Å². The molecule has 0 saturated heterocycles. The molecule has 0 heterocycles. The topological polar surface area (TPSA) is 45.6 Å². The fourth-order valence-electron chi connectivity index (χ4n) is 1.64. The highest BCUT2D eigenvalue weighted by Crippen LogP contribution is 2.22. The van der Waals surface area contributed by atoms with E-state index >= 15 is 0 Å². The molecule has 0 amide bonds. The summed E-state index contributed by atoms with van der Waals surface area (Å²) in [6.45, 7) is 0. The lowest BCUT2D eigenvalue weighted by molar-refractivity contribution is 0.417. The van der Waals surface area contributed by atoms with Gasteiger partial charge in [-0.2, -0.15) is 5.10 Å². The molecule has 2 N–H and O–H groups in total. The summed E-state index contributed by atoms with van der Waals surface area (Å²) < 4.78 is 5.23. The van der Waals surface area contributed by atoms with Gasteiger partial charge in [-0.1, -0.05) is 41.9 Å². The number of ether oxygens (including phenoxy) is 1. The summed E-state index contributed by atoms with van der Waals surface area (Å²) in [5.74, 6) is 0.705. The second-order valence-corrected chi connectivity index (χ2v) is 4.86. The second kappa shape index (κ2) is 7.61. The van der Waals surface area contributed by atoms with E-state index in [1.165, 1.54) is 0 Å². The molecule has 0 bridgehead atoms. The van der Waals surface area contributed by atoms with Crippen molar-refractivity contribution in [1.82, 2.24) is 5.43 Å². The molecule has 0 unspecified atom stereocenters. The van der Waals surface area contributed by atoms with Crippen molar-refractivity contribution in [3.63, 3.8) is 0 Å². The lowest BCUT2D eigenvalue weighted by Gasteiger charge is -2.10. The molecule has 2 aromatic carbocycles. The minimum absolute atomic E-state index is 0.364. The molecule has 0 spiro atoms. The standard InChI is InChI=1S/C15H14ClN3OS/c1-20-14-9-5-4-8-13(14)18-15(21)19-17-10-11-6-2-3-7-12(11)16/h2-10H,1H3,(H2,18,19,21)/b17-10+. The number of hydrogen-bond donors (Lipinski definition) is 2. The number of para-hydroxylation sites is 2. The van der Waals surface area contributed by atoms with E-state index < -0.39 is 0 Å². The predicted molar refractivity (Wildman–Crippen MR) is 91.4 cm³/mol. The Morgan fingerprint density at radius 1 is 1.19 bits per heavy atom. The summed E-state index contributed by atoms with van der Waals surface area (Å²) >= 11 is 11.2.